The molecule has 0 spiro atoms. The van der Waals surface area contributed by atoms with Gasteiger partial charge in [0, 0.05) is 0 Å². The van der Waals surface area contributed by atoms with E-state index in [0.29, 0.717) is 10.5 Å². The predicted octanol–water partition coefficient (Wildman–Crippen LogP) is 1.56. The maximum Gasteiger partial charge on any atom is 0.266 e. The van der Waals surface area contributed by atoms with Crippen LogP contribution in [-0.2, 0) is 9.59 Å². The van der Waals surface area contributed by atoms with Crippen molar-refractivity contribution in [3.05, 3.63) is 40.6 Å². The van der Waals surface area contributed by atoms with Crippen molar-refractivity contribution in [2.45, 2.75) is 19.4 Å². The Bertz CT molecular complexity index is 628. The van der Waals surface area contributed by atoms with Gasteiger partial charge < -0.3 is 9.90 Å². The lowest BCUT2D eigenvalue weighted by Gasteiger charge is -2.26. The quantitative estimate of drug-likeness (QED) is 0.621. The molecule has 0 radical (unpaired) electrons. The van der Waals surface area contributed by atoms with E-state index in [1.165, 1.54) is 24.3 Å². The Morgan fingerprint density at radius 2 is 2.10 bits per heavy atom. The molecular formula is C14H11FNO3S2-. The van der Waals surface area contributed by atoms with Gasteiger partial charge in [0.25, 0.3) is 5.91 Å². The first-order valence-corrected chi connectivity index (χ1v) is 7.40. The fourth-order valence-corrected chi connectivity index (χ4v) is 3.27. The molecule has 1 amide bonds. The molecule has 0 saturated carbocycles. The molecule has 1 fully saturated rings. The molecule has 2 rings (SSSR count). The van der Waals surface area contributed by atoms with Gasteiger partial charge >= 0.3 is 0 Å². The van der Waals surface area contributed by atoms with Crippen molar-refractivity contribution >= 4 is 46.3 Å². The topological polar surface area (TPSA) is 60.4 Å². The summed E-state index contributed by atoms with van der Waals surface area (Å²) in [6, 6.07) is 4.54. The molecule has 1 aliphatic rings. The molecule has 1 aliphatic heterocycles. The maximum atomic E-state index is 12.8. The van der Waals surface area contributed by atoms with Crippen LogP contribution >= 0.6 is 24.0 Å². The lowest BCUT2D eigenvalue weighted by atomic mass is 10.2. The summed E-state index contributed by atoms with van der Waals surface area (Å²) >= 11 is 6.10. The zero-order valence-corrected chi connectivity index (χ0v) is 12.7. The van der Waals surface area contributed by atoms with Gasteiger partial charge in [-0.05, 0) is 30.2 Å². The minimum absolute atomic E-state index is 0.185. The van der Waals surface area contributed by atoms with E-state index in [4.69, 9.17) is 12.2 Å². The van der Waals surface area contributed by atoms with Crippen LogP contribution in [0.2, 0.25) is 0 Å². The summed E-state index contributed by atoms with van der Waals surface area (Å²) in [7, 11) is 0. The summed E-state index contributed by atoms with van der Waals surface area (Å²) in [6.45, 7) is 1.64. The summed E-state index contributed by atoms with van der Waals surface area (Å²) in [5, 5.41) is 11.1. The van der Waals surface area contributed by atoms with Gasteiger partial charge in [0.05, 0.1) is 16.9 Å². The largest absolute Gasteiger partial charge is 0.548 e. The first-order chi connectivity index (χ1) is 9.93. The van der Waals surface area contributed by atoms with Gasteiger partial charge in [-0.15, -0.1) is 0 Å². The van der Waals surface area contributed by atoms with E-state index in [1.807, 2.05) is 0 Å². The van der Waals surface area contributed by atoms with Crippen LogP contribution in [0.1, 0.15) is 18.9 Å². The monoisotopic (exact) mass is 324 g/mol. The van der Waals surface area contributed by atoms with Gasteiger partial charge in [-0.25, -0.2) is 4.39 Å². The molecule has 0 N–H and O–H groups in total. The lowest BCUT2D eigenvalue weighted by Crippen LogP contribution is -2.49. The zero-order valence-electron chi connectivity index (χ0n) is 11.0. The third kappa shape index (κ3) is 3.30. The van der Waals surface area contributed by atoms with Gasteiger partial charge in [0.15, 0.2) is 0 Å². The number of benzene rings is 1. The highest BCUT2D eigenvalue weighted by Gasteiger charge is 2.36. The molecule has 1 aromatic rings. The second-order valence-electron chi connectivity index (χ2n) is 4.35. The van der Waals surface area contributed by atoms with E-state index in [-0.39, 0.29) is 16.6 Å². The molecule has 1 saturated heterocycles. The molecular weight excluding hydrogens is 313 g/mol. The third-order valence-electron chi connectivity index (χ3n) is 2.96. The summed E-state index contributed by atoms with van der Waals surface area (Å²) in [5.41, 5.74) is 0.637. The summed E-state index contributed by atoms with van der Waals surface area (Å²) in [6.07, 6.45) is 1.76. The van der Waals surface area contributed by atoms with Crippen molar-refractivity contribution in [1.82, 2.24) is 4.90 Å². The number of aliphatic carboxylic acids is 1. The van der Waals surface area contributed by atoms with Crippen LogP contribution in [0.15, 0.2) is 29.2 Å². The normalized spacial score (nSPS) is 18.4. The highest BCUT2D eigenvalue weighted by molar-refractivity contribution is 8.26. The SMILES string of the molecule is CC[C@@H](C(=O)[O-])N1C(=O)/C(=C\c2ccc(F)cc2)SC1=S. The number of thioether (sulfide) groups is 1. The average molecular weight is 324 g/mol. The number of carbonyl (C=O) groups excluding carboxylic acids is 2. The minimum atomic E-state index is -1.34. The fraction of sp³-hybridized carbons (Fsp3) is 0.214. The number of halogens is 1. The number of hydrogen-bond acceptors (Lipinski definition) is 5. The summed E-state index contributed by atoms with van der Waals surface area (Å²) < 4.78 is 13.0. The van der Waals surface area contributed by atoms with Crippen molar-refractivity contribution in [3.63, 3.8) is 0 Å². The number of carboxylic acids is 1. The van der Waals surface area contributed by atoms with Crippen LogP contribution in [0.3, 0.4) is 0 Å². The van der Waals surface area contributed by atoms with Gasteiger partial charge in [-0.1, -0.05) is 43.0 Å². The van der Waals surface area contributed by atoms with Gasteiger partial charge in [0.1, 0.15) is 10.1 Å². The van der Waals surface area contributed by atoms with Crippen molar-refractivity contribution in [1.29, 1.82) is 0 Å². The number of rotatable bonds is 4. The standard InChI is InChI=1S/C14H12FNO3S2/c1-2-10(13(18)19)16-12(17)11(21-14(16)20)7-8-3-5-9(15)6-4-8/h3-7,10H,2H2,1H3,(H,18,19)/p-1/b11-7+/t10-/m0/s1. The molecule has 1 aromatic carbocycles. The number of hydrogen-bond donors (Lipinski definition) is 0. The Morgan fingerprint density at radius 1 is 1.48 bits per heavy atom. The average Bonchev–Trinajstić information content (AvgIpc) is 2.70. The maximum absolute atomic E-state index is 12.8. The molecule has 0 bridgehead atoms. The Balaban J connectivity index is 2.29. The molecule has 21 heavy (non-hydrogen) atoms. The number of carbonyl (C=O) groups is 2. The molecule has 1 atom stereocenters. The molecule has 1 heterocycles. The fourth-order valence-electron chi connectivity index (χ4n) is 1.91. The van der Waals surface area contributed by atoms with E-state index in [0.717, 1.165) is 16.7 Å². The summed E-state index contributed by atoms with van der Waals surface area (Å²) in [4.78, 5) is 24.7. The van der Waals surface area contributed by atoms with E-state index >= 15 is 0 Å². The van der Waals surface area contributed by atoms with Crippen LogP contribution < -0.4 is 5.11 Å². The Labute approximate surface area is 130 Å². The van der Waals surface area contributed by atoms with Crippen LogP contribution in [0.4, 0.5) is 4.39 Å². The Kier molecular flexibility index (Phi) is 4.74. The van der Waals surface area contributed by atoms with Gasteiger partial charge in [0.2, 0.25) is 0 Å². The molecule has 4 nitrogen and oxygen atoms in total. The minimum Gasteiger partial charge on any atom is -0.548 e. The van der Waals surface area contributed by atoms with E-state index < -0.39 is 17.9 Å². The molecule has 0 aromatic heterocycles. The van der Waals surface area contributed by atoms with Gasteiger partial charge in [-0.3, -0.25) is 9.69 Å². The van der Waals surface area contributed by atoms with Crippen LogP contribution in [0.25, 0.3) is 6.08 Å². The molecule has 0 unspecified atom stereocenters. The van der Waals surface area contributed by atoms with Crippen molar-refractivity contribution < 1.29 is 19.1 Å². The second kappa shape index (κ2) is 6.36. The van der Waals surface area contributed by atoms with Crippen molar-refractivity contribution in [2.75, 3.05) is 0 Å². The van der Waals surface area contributed by atoms with Gasteiger partial charge in [-0.2, -0.15) is 0 Å². The zero-order chi connectivity index (χ0) is 15.6. The van der Waals surface area contributed by atoms with Crippen LogP contribution in [-0.4, -0.2) is 27.1 Å². The molecule has 110 valence electrons. The number of amides is 1. The first-order valence-electron chi connectivity index (χ1n) is 6.17. The highest BCUT2D eigenvalue weighted by atomic mass is 32.2. The predicted molar refractivity (Wildman–Crippen MR) is 80.5 cm³/mol. The van der Waals surface area contributed by atoms with Crippen molar-refractivity contribution in [2.24, 2.45) is 0 Å². The number of thiocarbonyl (C=S) groups is 1. The molecule has 0 aliphatic carbocycles. The Morgan fingerprint density at radius 3 is 2.62 bits per heavy atom. The van der Waals surface area contributed by atoms with Crippen LogP contribution in [0, 0.1) is 5.82 Å². The number of carboxylic acid groups (broad SMARTS) is 1. The Hall–Kier alpha value is -1.73. The number of nitrogens with zero attached hydrogens (tertiary/aromatic N) is 1. The summed E-state index contributed by atoms with van der Waals surface area (Å²) in [5.74, 6) is -2.18. The van der Waals surface area contributed by atoms with E-state index in [1.54, 1.807) is 13.0 Å². The van der Waals surface area contributed by atoms with E-state index in [2.05, 4.69) is 0 Å². The first kappa shape index (κ1) is 15.7. The van der Waals surface area contributed by atoms with Crippen molar-refractivity contribution in [3.8, 4) is 0 Å². The van der Waals surface area contributed by atoms with Crippen LogP contribution in [0.5, 0.6) is 0 Å². The molecule has 7 heteroatoms. The second-order valence-corrected chi connectivity index (χ2v) is 6.02. The third-order valence-corrected chi connectivity index (χ3v) is 4.29. The highest BCUT2D eigenvalue weighted by Crippen LogP contribution is 2.34. The van der Waals surface area contributed by atoms with E-state index in [9.17, 15) is 19.1 Å². The lowest BCUT2D eigenvalue weighted by molar-refractivity contribution is -0.310. The smallest absolute Gasteiger partial charge is 0.266 e.